The van der Waals surface area contributed by atoms with Gasteiger partial charge in [-0.15, -0.1) is 0 Å². The minimum absolute atomic E-state index is 0.162. The molecule has 0 saturated heterocycles. The Hall–Kier alpha value is -0.830. The largest absolute Gasteiger partial charge is 0.346 e. The summed E-state index contributed by atoms with van der Waals surface area (Å²) in [5.74, 6) is -0.162. The van der Waals surface area contributed by atoms with Crippen molar-refractivity contribution in [3.63, 3.8) is 0 Å². The SMILES string of the molecule is CCc1c(Br)c2c(F)cccc2n1C. The first-order valence-electron chi connectivity index (χ1n) is 4.58. The average Bonchev–Trinajstić information content (AvgIpc) is 2.41. The third kappa shape index (κ3) is 1.19. The van der Waals surface area contributed by atoms with Crippen molar-refractivity contribution in [1.29, 1.82) is 0 Å². The van der Waals surface area contributed by atoms with E-state index in [9.17, 15) is 4.39 Å². The van der Waals surface area contributed by atoms with Crippen molar-refractivity contribution in [3.8, 4) is 0 Å². The highest BCUT2D eigenvalue weighted by Gasteiger charge is 2.14. The first-order valence-corrected chi connectivity index (χ1v) is 5.37. The van der Waals surface area contributed by atoms with E-state index in [1.807, 2.05) is 17.7 Å². The van der Waals surface area contributed by atoms with Crippen LogP contribution in [0.5, 0.6) is 0 Å². The summed E-state index contributed by atoms with van der Waals surface area (Å²) in [5, 5.41) is 0.687. The zero-order valence-electron chi connectivity index (χ0n) is 8.14. The lowest BCUT2D eigenvalue weighted by Crippen LogP contribution is -1.93. The first-order chi connectivity index (χ1) is 6.66. The molecule has 14 heavy (non-hydrogen) atoms. The fourth-order valence-corrected chi connectivity index (χ4v) is 2.78. The summed E-state index contributed by atoms with van der Waals surface area (Å²) in [6.45, 7) is 2.07. The van der Waals surface area contributed by atoms with Crippen LogP contribution in [0.4, 0.5) is 4.39 Å². The second-order valence-electron chi connectivity index (χ2n) is 3.31. The second kappa shape index (κ2) is 3.39. The molecule has 1 heterocycles. The van der Waals surface area contributed by atoms with E-state index >= 15 is 0 Å². The lowest BCUT2D eigenvalue weighted by atomic mass is 10.2. The molecule has 0 aliphatic rings. The predicted octanol–water partition coefficient (Wildman–Crippen LogP) is 3.64. The number of aryl methyl sites for hydroxylation is 1. The molecule has 0 amide bonds. The van der Waals surface area contributed by atoms with Crippen LogP contribution < -0.4 is 0 Å². The van der Waals surface area contributed by atoms with Gasteiger partial charge in [-0.1, -0.05) is 13.0 Å². The maximum Gasteiger partial charge on any atom is 0.133 e. The number of halogens is 2. The fraction of sp³-hybridized carbons (Fsp3) is 0.273. The van der Waals surface area contributed by atoms with Gasteiger partial charge in [0.1, 0.15) is 5.82 Å². The highest BCUT2D eigenvalue weighted by molar-refractivity contribution is 9.10. The van der Waals surface area contributed by atoms with Crippen LogP contribution in [0.3, 0.4) is 0 Å². The summed E-state index contributed by atoms with van der Waals surface area (Å²) >= 11 is 3.45. The molecule has 0 saturated carbocycles. The summed E-state index contributed by atoms with van der Waals surface area (Å²) in [4.78, 5) is 0. The van der Waals surface area contributed by atoms with Crippen molar-refractivity contribution < 1.29 is 4.39 Å². The van der Waals surface area contributed by atoms with Gasteiger partial charge in [-0.25, -0.2) is 4.39 Å². The zero-order valence-corrected chi connectivity index (χ0v) is 9.73. The monoisotopic (exact) mass is 255 g/mol. The maximum absolute atomic E-state index is 13.5. The Balaban J connectivity index is 2.94. The van der Waals surface area contributed by atoms with Crippen molar-refractivity contribution in [3.05, 3.63) is 34.2 Å². The van der Waals surface area contributed by atoms with E-state index < -0.39 is 0 Å². The van der Waals surface area contributed by atoms with E-state index in [0.717, 1.165) is 22.1 Å². The number of aromatic nitrogens is 1. The van der Waals surface area contributed by atoms with Crippen LogP contribution in [0.2, 0.25) is 0 Å². The summed E-state index contributed by atoms with van der Waals surface area (Å²) in [6, 6.07) is 5.17. The molecule has 0 atom stereocenters. The van der Waals surface area contributed by atoms with Gasteiger partial charge < -0.3 is 4.57 Å². The molecule has 0 spiro atoms. The van der Waals surface area contributed by atoms with Gasteiger partial charge in [0, 0.05) is 22.6 Å². The minimum Gasteiger partial charge on any atom is -0.346 e. The molecule has 2 aromatic rings. The van der Waals surface area contributed by atoms with Gasteiger partial charge in [-0.3, -0.25) is 0 Å². The minimum atomic E-state index is -0.162. The van der Waals surface area contributed by atoms with Crippen LogP contribution in [0.1, 0.15) is 12.6 Å². The molecule has 0 unspecified atom stereocenters. The molecule has 74 valence electrons. The number of nitrogens with zero attached hydrogens (tertiary/aromatic N) is 1. The van der Waals surface area contributed by atoms with Crippen LogP contribution in [-0.2, 0) is 13.5 Å². The Kier molecular flexibility index (Phi) is 2.35. The van der Waals surface area contributed by atoms with Crippen molar-refractivity contribution in [2.24, 2.45) is 7.05 Å². The fourth-order valence-electron chi connectivity index (χ4n) is 1.84. The summed E-state index contributed by atoms with van der Waals surface area (Å²) in [5.41, 5.74) is 2.07. The van der Waals surface area contributed by atoms with Crippen molar-refractivity contribution in [2.75, 3.05) is 0 Å². The van der Waals surface area contributed by atoms with Crippen LogP contribution in [0, 0.1) is 5.82 Å². The second-order valence-corrected chi connectivity index (χ2v) is 4.10. The quantitative estimate of drug-likeness (QED) is 0.734. The molecule has 0 aliphatic heterocycles. The third-order valence-electron chi connectivity index (χ3n) is 2.57. The molecule has 0 bridgehead atoms. The highest BCUT2D eigenvalue weighted by atomic mass is 79.9. The molecule has 0 fully saturated rings. The van der Waals surface area contributed by atoms with Crippen LogP contribution in [0.25, 0.3) is 10.9 Å². The number of rotatable bonds is 1. The van der Waals surface area contributed by atoms with E-state index in [1.165, 1.54) is 6.07 Å². The Labute approximate surface area is 90.7 Å². The van der Waals surface area contributed by atoms with Gasteiger partial charge in [0.2, 0.25) is 0 Å². The van der Waals surface area contributed by atoms with Crippen molar-refractivity contribution in [2.45, 2.75) is 13.3 Å². The van der Waals surface area contributed by atoms with Gasteiger partial charge in [0.15, 0.2) is 0 Å². The molecular weight excluding hydrogens is 245 g/mol. The van der Waals surface area contributed by atoms with Crippen molar-refractivity contribution in [1.82, 2.24) is 4.57 Å². The Morgan fingerprint density at radius 2 is 2.14 bits per heavy atom. The Bertz CT molecular complexity index is 487. The third-order valence-corrected chi connectivity index (χ3v) is 3.42. The summed E-state index contributed by atoms with van der Waals surface area (Å²) in [7, 11) is 1.96. The van der Waals surface area contributed by atoms with Gasteiger partial charge >= 0.3 is 0 Å². The highest BCUT2D eigenvalue weighted by Crippen LogP contribution is 2.32. The molecule has 0 radical (unpaired) electrons. The topological polar surface area (TPSA) is 4.93 Å². The number of fused-ring (bicyclic) bond motifs is 1. The van der Waals surface area contributed by atoms with E-state index in [0.29, 0.717) is 5.39 Å². The van der Waals surface area contributed by atoms with Crippen LogP contribution >= 0.6 is 15.9 Å². The number of hydrogen-bond donors (Lipinski definition) is 0. The van der Waals surface area contributed by atoms with Gasteiger partial charge in [0.25, 0.3) is 0 Å². The zero-order chi connectivity index (χ0) is 10.3. The Morgan fingerprint density at radius 3 is 2.71 bits per heavy atom. The predicted molar refractivity (Wildman–Crippen MR) is 60.0 cm³/mol. The standard InChI is InChI=1S/C11H11BrFN/c1-3-8-11(12)10-7(13)5-4-6-9(10)14(8)2/h4-6H,3H2,1-2H3. The smallest absolute Gasteiger partial charge is 0.133 e. The maximum atomic E-state index is 13.5. The molecule has 0 N–H and O–H groups in total. The molecule has 3 heteroatoms. The molecule has 2 rings (SSSR count). The summed E-state index contributed by atoms with van der Waals surface area (Å²) in [6.07, 6.45) is 0.894. The van der Waals surface area contributed by atoms with Gasteiger partial charge in [-0.05, 0) is 34.5 Å². The summed E-state index contributed by atoms with van der Waals surface area (Å²) < 4.78 is 16.4. The Morgan fingerprint density at radius 1 is 1.43 bits per heavy atom. The van der Waals surface area contributed by atoms with E-state index in [-0.39, 0.29) is 5.82 Å². The van der Waals surface area contributed by atoms with Gasteiger partial charge in [0.05, 0.1) is 5.52 Å². The number of benzene rings is 1. The first kappa shape index (κ1) is 9.71. The average molecular weight is 256 g/mol. The lowest BCUT2D eigenvalue weighted by molar-refractivity contribution is 0.639. The number of hydrogen-bond acceptors (Lipinski definition) is 0. The van der Waals surface area contributed by atoms with Crippen LogP contribution in [0.15, 0.2) is 22.7 Å². The van der Waals surface area contributed by atoms with Gasteiger partial charge in [-0.2, -0.15) is 0 Å². The van der Waals surface area contributed by atoms with E-state index in [4.69, 9.17) is 0 Å². The molecule has 1 nitrogen and oxygen atoms in total. The lowest BCUT2D eigenvalue weighted by Gasteiger charge is -2.00. The molecule has 0 aliphatic carbocycles. The van der Waals surface area contributed by atoms with Crippen LogP contribution in [-0.4, -0.2) is 4.57 Å². The molecule has 1 aromatic carbocycles. The normalized spacial score (nSPS) is 11.1. The van der Waals surface area contributed by atoms with E-state index in [2.05, 4.69) is 22.9 Å². The van der Waals surface area contributed by atoms with E-state index in [1.54, 1.807) is 6.07 Å². The molecule has 1 aromatic heterocycles. The molecular formula is C11H11BrFN. The van der Waals surface area contributed by atoms with Crippen molar-refractivity contribution >= 4 is 26.8 Å².